The summed E-state index contributed by atoms with van der Waals surface area (Å²) in [6.45, 7) is 0. The number of hydrogen-bond acceptors (Lipinski definition) is 4. The lowest BCUT2D eigenvalue weighted by Crippen LogP contribution is -2.20. The Balaban J connectivity index is 1.94. The molecule has 3 rings (SSSR count). The average Bonchev–Trinajstić information content (AvgIpc) is 2.64. The van der Waals surface area contributed by atoms with Crippen molar-refractivity contribution in [2.75, 3.05) is 24.9 Å². The minimum atomic E-state index is -0.546. The highest BCUT2D eigenvalue weighted by molar-refractivity contribution is 6.41. The van der Waals surface area contributed by atoms with Gasteiger partial charge in [-0.15, -0.1) is 0 Å². The maximum Gasteiger partial charge on any atom is 0.323 e. The Kier molecular flexibility index (Phi) is 5.48. The second-order valence-corrected chi connectivity index (χ2v) is 6.40. The molecule has 27 heavy (non-hydrogen) atoms. The molecule has 0 heterocycles. The fourth-order valence-electron chi connectivity index (χ4n) is 2.64. The lowest BCUT2D eigenvalue weighted by molar-refractivity contribution is 0.262. The molecule has 0 saturated heterocycles. The van der Waals surface area contributed by atoms with Crippen molar-refractivity contribution < 1.29 is 19.4 Å². The second kappa shape index (κ2) is 7.82. The average molecular weight is 407 g/mol. The standard InChI is InChI=1S/C19H16Cl2N2O4/c1-26-11-4-6-17(27-2)16(8-11)22-19(25)23-18-13-7-10(24)3-5-12(13)14(20)9-15(18)21/h3-9,24H,1-2H3,(H2,22,23,25). The summed E-state index contributed by atoms with van der Waals surface area (Å²) in [6.07, 6.45) is 0. The molecule has 0 bridgehead atoms. The number of carbonyl (C=O) groups is 1. The van der Waals surface area contributed by atoms with Gasteiger partial charge in [0.05, 0.1) is 35.6 Å². The molecule has 0 saturated carbocycles. The topological polar surface area (TPSA) is 79.8 Å². The van der Waals surface area contributed by atoms with Crippen LogP contribution < -0.4 is 20.1 Å². The van der Waals surface area contributed by atoms with Crippen LogP contribution in [0, 0.1) is 0 Å². The molecule has 0 aromatic heterocycles. The normalized spacial score (nSPS) is 10.5. The third-order valence-corrected chi connectivity index (χ3v) is 4.53. The van der Waals surface area contributed by atoms with Gasteiger partial charge >= 0.3 is 6.03 Å². The van der Waals surface area contributed by atoms with Gasteiger partial charge in [0, 0.05) is 16.8 Å². The van der Waals surface area contributed by atoms with Crippen molar-refractivity contribution in [2.45, 2.75) is 0 Å². The Morgan fingerprint density at radius 1 is 0.926 bits per heavy atom. The number of amides is 2. The molecule has 0 unspecified atom stereocenters. The molecular formula is C19H16Cl2N2O4. The molecule has 8 heteroatoms. The Morgan fingerprint density at radius 2 is 1.70 bits per heavy atom. The number of halogens is 2. The van der Waals surface area contributed by atoms with E-state index in [1.165, 1.54) is 32.4 Å². The smallest absolute Gasteiger partial charge is 0.323 e. The van der Waals surface area contributed by atoms with Crippen LogP contribution in [0.25, 0.3) is 10.8 Å². The quantitative estimate of drug-likeness (QED) is 0.533. The third kappa shape index (κ3) is 3.97. The number of aromatic hydroxyl groups is 1. The summed E-state index contributed by atoms with van der Waals surface area (Å²) in [5.74, 6) is 1.06. The molecule has 0 aliphatic heterocycles. The molecule has 0 radical (unpaired) electrons. The number of methoxy groups -OCH3 is 2. The molecule has 0 aliphatic carbocycles. The van der Waals surface area contributed by atoms with Crippen LogP contribution in [0.3, 0.4) is 0 Å². The summed E-state index contributed by atoms with van der Waals surface area (Å²) >= 11 is 12.5. The lowest BCUT2D eigenvalue weighted by Gasteiger charge is -2.15. The predicted molar refractivity (Wildman–Crippen MR) is 108 cm³/mol. The summed E-state index contributed by atoms with van der Waals surface area (Å²) in [6, 6.07) is 10.6. The Morgan fingerprint density at radius 3 is 2.41 bits per heavy atom. The zero-order chi connectivity index (χ0) is 19.6. The SMILES string of the molecule is COc1ccc(OC)c(NC(=O)Nc2c(Cl)cc(Cl)c3ccc(O)cc23)c1. The van der Waals surface area contributed by atoms with Crippen molar-refractivity contribution in [3.63, 3.8) is 0 Å². The number of fused-ring (bicyclic) bond motifs is 1. The van der Waals surface area contributed by atoms with Crippen LogP contribution in [-0.4, -0.2) is 25.4 Å². The van der Waals surface area contributed by atoms with Crippen molar-refractivity contribution in [1.29, 1.82) is 0 Å². The lowest BCUT2D eigenvalue weighted by atomic mass is 10.1. The number of benzene rings is 3. The first-order chi connectivity index (χ1) is 12.9. The molecule has 2 amide bonds. The predicted octanol–water partition coefficient (Wildman–Crippen LogP) is 5.51. The monoisotopic (exact) mass is 406 g/mol. The van der Waals surface area contributed by atoms with Gasteiger partial charge in [-0.25, -0.2) is 4.79 Å². The van der Waals surface area contributed by atoms with Gasteiger partial charge in [0.2, 0.25) is 0 Å². The highest BCUT2D eigenvalue weighted by atomic mass is 35.5. The van der Waals surface area contributed by atoms with E-state index in [0.29, 0.717) is 38.7 Å². The van der Waals surface area contributed by atoms with E-state index in [2.05, 4.69) is 10.6 Å². The fraction of sp³-hybridized carbons (Fsp3) is 0.105. The number of phenolic OH excluding ortho intramolecular Hbond substituents is 1. The number of carbonyl (C=O) groups excluding carboxylic acids is 1. The molecule has 0 atom stereocenters. The summed E-state index contributed by atoms with van der Waals surface area (Å²) in [5.41, 5.74) is 0.748. The van der Waals surface area contributed by atoms with E-state index in [1.54, 1.807) is 24.3 Å². The number of anilines is 2. The minimum absolute atomic E-state index is 0.0266. The van der Waals surface area contributed by atoms with Crippen molar-refractivity contribution in [1.82, 2.24) is 0 Å². The Labute approximate surface area is 165 Å². The fourth-order valence-corrected chi connectivity index (χ4v) is 3.23. The minimum Gasteiger partial charge on any atom is -0.508 e. The van der Waals surface area contributed by atoms with Gasteiger partial charge in [0.1, 0.15) is 17.2 Å². The van der Waals surface area contributed by atoms with E-state index < -0.39 is 6.03 Å². The van der Waals surface area contributed by atoms with E-state index in [4.69, 9.17) is 32.7 Å². The van der Waals surface area contributed by atoms with Crippen LogP contribution >= 0.6 is 23.2 Å². The van der Waals surface area contributed by atoms with Gasteiger partial charge in [-0.1, -0.05) is 23.2 Å². The van der Waals surface area contributed by atoms with Crippen molar-refractivity contribution in [3.8, 4) is 17.2 Å². The maximum absolute atomic E-state index is 12.5. The Hall–Kier alpha value is -2.83. The maximum atomic E-state index is 12.5. The molecular weight excluding hydrogens is 391 g/mol. The molecule has 3 aromatic rings. The number of ether oxygens (including phenoxy) is 2. The summed E-state index contributed by atoms with van der Waals surface area (Å²) in [7, 11) is 3.02. The van der Waals surface area contributed by atoms with Crippen LogP contribution in [0.15, 0.2) is 42.5 Å². The number of rotatable bonds is 4. The number of phenols is 1. The first-order valence-electron chi connectivity index (χ1n) is 7.83. The zero-order valence-electron chi connectivity index (χ0n) is 14.5. The van der Waals surface area contributed by atoms with E-state index >= 15 is 0 Å². The van der Waals surface area contributed by atoms with Crippen LogP contribution in [0.2, 0.25) is 10.0 Å². The molecule has 3 N–H and O–H groups in total. The third-order valence-electron chi connectivity index (χ3n) is 3.92. The van der Waals surface area contributed by atoms with Gasteiger partial charge in [-0.05, 0) is 36.4 Å². The van der Waals surface area contributed by atoms with Crippen molar-refractivity contribution in [3.05, 3.63) is 52.5 Å². The molecule has 140 valence electrons. The van der Waals surface area contributed by atoms with Gasteiger partial charge in [-0.3, -0.25) is 0 Å². The molecule has 0 aliphatic rings. The highest BCUT2D eigenvalue weighted by Gasteiger charge is 2.15. The van der Waals surface area contributed by atoms with Gasteiger partial charge < -0.3 is 25.2 Å². The van der Waals surface area contributed by atoms with E-state index in [0.717, 1.165) is 0 Å². The first-order valence-corrected chi connectivity index (χ1v) is 8.59. The second-order valence-electron chi connectivity index (χ2n) is 5.59. The van der Waals surface area contributed by atoms with Crippen LogP contribution in [0.1, 0.15) is 0 Å². The number of nitrogens with one attached hydrogen (secondary N) is 2. The van der Waals surface area contributed by atoms with Gasteiger partial charge in [-0.2, -0.15) is 0 Å². The van der Waals surface area contributed by atoms with E-state index in [-0.39, 0.29) is 10.8 Å². The summed E-state index contributed by atoms with van der Waals surface area (Å²) < 4.78 is 10.4. The van der Waals surface area contributed by atoms with E-state index in [9.17, 15) is 9.90 Å². The largest absolute Gasteiger partial charge is 0.508 e. The highest BCUT2D eigenvalue weighted by Crippen LogP contribution is 2.38. The van der Waals surface area contributed by atoms with Crippen LogP contribution in [0.5, 0.6) is 17.2 Å². The van der Waals surface area contributed by atoms with Crippen molar-refractivity contribution >= 4 is 51.4 Å². The summed E-state index contributed by atoms with van der Waals surface area (Å²) in [4.78, 5) is 12.5. The van der Waals surface area contributed by atoms with E-state index in [1.807, 2.05) is 0 Å². The van der Waals surface area contributed by atoms with Crippen molar-refractivity contribution in [2.24, 2.45) is 0 Å². The Bertz CT molecular complexity index is 1020. The number of urea groups is 1. The molecule has 6 nitrogen and oxygen atoms in total. The molecule has 0 spiro atoms. The van der Waals surface area contributed by atoms with Gasteiger partial charge in [0.15, 0.2) is 0 Å². The molecule has 3 aromatic carbocycles. The van der Waals surface area contributed by atoms with Crippen LogP contribution in [0.4, 0.5) is 16.2 Å². The number of hydrogen-bond donors (Lipinski definition) is 3. The first kappa shape index (κ1) is 18.9. The summed E-state index contributed by atoms with van der Waals surface area (Å²) in [5, 5.41) is 17.0. The van der Waals surface area contributed by atoms with Crippen LogP contribution in [-0.2, 0) is 0 Å². The molecule has 0 fully saturated rings. The van der Waals surface area contributed by atoms with Gasteiger partial charge in [0.25, 0.3) is 0 Å². The zero-order valence-corrected chi connectivity index (χ0v) is 16.0.